The first-order valence-electron chi connectivity index (χ1n) is 9.33. The summed E-state index contributed by atoms with van der Waals surface area (Å²) in [5.41, 5.74) is -0.283. The molecule has 0 saturated heterocycles. The van der Waals surface area contributed by atoms with Crippen LogP contribution in [0.1, 0.15) is 61.8 Å². The Labute approximate surface area is 164 Å². The Morgan fingerprint density at radius 1 is 1.04 bits per heavy atom. The predicted molar refractivity (Wildman–Crippen MR) is 102 cm³/mol. The van der Waals surface area contributed by atoms with E-state index in [2.05, 4.69) is 0 Å². The minimum Gasteiger partial charge on any atom is -0.481 e. The van der Waals surface area contributed by atoms with Gasteiger partial charge in [0.15, 0.2) is 0 Å². The van der Waals surface area contributed by atoms with Crippen molar-refractivity contribution in [2.45, 2.75) is 46.6 Å². The second kappa shape index (κ2) is 8.12. The van der Waals surface area contributed by atoms with Gasteiger partial charge in [-0.15, -0.1) is 0 Å². The second-order valence-corrected chi connectivity index (χ2v) is 8.48. The number of amides is 2. The number of fused-ring (bicyclic) bond motifs is 1. The Balaban J connectivity index is 2.32. The first kappa shape index (κ1) is 21.6. The quantitative estimate of drug-likeness (QED) is 0.568. The third-order valence-electron chi connectivity index (χ3n) is 4.50. The van der Waals surface area contributed by atoms with Crippen LogP contribution < -0.4 is 0 Å². The molecule has 152 valence electrons. The van der Waals surface area contributed by atoms with Crippen molar-refractivity contribution in [2.75, 3.05) is 6.54 Å². The topological polar surface area (TPSA) is 101 Å². The summed E-state index contributed by atoms with van der Waals surface area (Å²) in [6, 6.07) is 6.35. The van der Waals surface area contributed by atoms with E-state index in [0.29, 0.717) is 0 Å². The van der Waals surface area contributed by atoms with E-state index in [1.807, 2.05) is 13.8 Å². The normalized spacial score (nSPS) is 16.1. The SMILES string of the molecule is CC(C)C[C@@H](C(=O)OC(C)(C)C)C(CN1C(=O)c2ccccc2C1=O)C(=O)O. The number of carbonyl (C=O) groups is 4. The number of nitrogens with zero attached hydrogens (tertiary/aromatic N) is 1. The Bertz CT molecular complexity index is 757. The molecule has 0 aromatic heterocycles. The summed E-state index contributed by atoms with van der Waals surface area (Å²) in [6.07, 6.45) is 0.273. The first-order valence-corrected chi connectivity index (χ1v) is 9.33. The molecule has 1 aliphatic heterocycles. The lowest BCUT2D eigenvalue weighted by atomic mass is 9.84. The maximum atomic E-state index is 12.7. The molecule has 1 aliphatic rings. The van der Waals surface area contributed by atoms with E-state index in [1.165, 1.54) is 12.1 Å². The zero-order valence-electron chi connectivity index (χ0n) is 16.9. The summed E-state index contributed by atoms with van der Waals surface area (Å²) in [6.45, 7) is 8.49. The molecule has 1 aromatic rings. The molecule has 1 heterocycles. The number of rotatable bonds is 7. The van der Waals surface area contributed by atoms with Gasteiger partial charge in [-0.2, -0.15) is 0 Å². The van der Waals surface area contributed by atoms with Crippen LogP contribution in [0.3, 0.4) is 0 Å². The Kier molecular flexibility index (Phi) is 6.27. The lowest BCUT2D eigenvalue weighted by Crippen LogP contribution is -2.44. The van der Waals surface area contributed by atoms with Crippen molar-refractivity contribution in [3.05, 3.63) is 35.4 Å². The van der Waals surface area contributed by atoms with E-state index in [4.69, 9.17) is 4.74 Å². The van der Waals surface area contributed by atoms with Gasteiger partial charge in [0.25, 0.3) is 11.8 Å². The van der Waals surface area contributed by atoms with Crippen molar-refractivity contribution >= 4 is 23.8 Å². The number of carbonyl (C=O) groups excluding carboxylic acids is 3. The van der Waals surface area contributed by atoms with Crippen molar-refractivity contribution in [2.24, 2.45) is 17.8 Å². The van der Waals surface area contributed by atoms with Gasteiger partial charge in [-0.1, -0.05) is 26.0 Å². The van der Waals surface area contributed by atoms with E-state index in [0.717, 1.165) is 4.90 Å². The number of imide groups is 1. The molecule has 7 nitrogen and oxygen atoms in total. The van der Waals surface area contributed by atoms with E-state index < -0.39 is 41.2 Å². The number of esters is 1. The number of aliphatic carboxylic acids is 1. The summed E-state index contributed by atoms with van der Waals surface area (Å²) in [4.78, 5) is 50.9. The van der Waals surface area contributed by atoms with E-state index in [1.54, 1.807) is 32.9 Å². The van der Waals surface area contributed by atoms with Crippen LogP contribution in [0.4, 0.5) is 0 Å². The van der Waals surface area contributed by atoms with Crippen LogP contribution in [0.2, 0.25) is 0 Å². The monoisotopic (exact) mass is 389 g/mol. The van der Waals surface area contributed by atoms with Crippen LogP contribution in [0.5, 0.6) is 0 Å². The van der Waals surface area contributed by atoms with Crippen molar-refractivity contribution in [1.29, 1.82) is 0 Å². The number of benzene rings is 1. The molecular weight excluding hydrogens is 362 g/mol. The average Bonchev–Trinajstić information content (AvgIpc) is 2.80. The molecule has 0 saturated carbocycles. The standard InChI is InChI=1S/C21H27NO6/c1-12(2)10-15(20(27)28-21(3,4)5)16(19(25)26)11-22-17(23)13-8-6-7-9-14(13)18(22)24/h6-9,12,15-16H,10-11H2,1-5H3,(H,25,26)/t15-,16?/m1/s1. The Hall–Kier alpha value is -2.70. The molecule has 1 aromatic carbocycles. The molecule has 0 radical (unpaired) electrons. The molecule has 2 atom stereocenters. The fraction of sp³-hybridized carbons (Fsp3) is 0.524. The highest BCUT2D eigenvalue weighted by Crippen LogP contribution is 2.29. The van der Waals surface area contributed by atoms with Crippen LogP contribution in [0.15, 0.2) is 24.3 Å². The lowest BCUT2D eigenvalue weighted by Gasteiger charge is -2.30. The van der Waals surface area contributed by atoms with Crippen LogP contribution >= 0.6 is 0 Å². The highest BCUT2D eigenvalue weighted by Gasteiger charge is 2.43. The number of hydrogen-bond acceptors (Lipinski definition) is 5. The van der Waals surface area contributed by atoms with Gasteiger partial charge in [-0.25, -0.2) is 0 Å². The fourth-order valence-corrected chi connectivity index (χ4v) is 3.29. The molecule has 1 N–H and O–H groups in total. The highest BCUT2D eigenvalue weighted by atomic mass is 16.6. The molecule has 2 amide bonds. The van der Waals surface area contributed by atoms with Gasteiger partial charge < -0.3 is 9.84 Å². The maximum absolute atomic E-state index is 12.7. The zero-order chi connectivity index (χ0) is 21.2. The van der Waals surface area contributed by atoms with Crippen LogP contribution in [0, 0.1) is 17.8 Å². The van der Waals surface area contributed by atoms with E-state index in [9.17, 15) is 24.3 Å². The lowest BCUT2D eigenvalue weighted by molar-refractivity contribution is -0.167. The number of hydrogen-bond donors (Lipinski definition) is 1. The molecule has 1 unspecified atom stereocenters. The molecule has 0 spiro atoms. The third-order valence-corrected chi connectivity index (χ3v) is 4.50. The maximum Gasteiger partial charge on any atom is 0.310 e. The Morgan fingerprint density at radius 2 is 1.54 bits per heavy atom. The minimum absolute atomic E-state index is 0.0292. The van der Waals surface area contributed by atoms with Gasteiger partial charge in [0, 0.05) is 6.54 Å². The van der Waals surface area contributed by atoms with E-state index >= 15 is 0 Å². The van der Waals surface area contributed by atoms with Crippen molar-refractivity contribution < 1.29 is 29.0 Å². The van der Waals surface area contributed by atoms with Gasteiger partial charge in [0.2, 0.25) is 0 Å². The predicted octanol–water partition coefficient (Wildman–Crippen LogP) is 2.99. The fourth-order valence-electron chi connectivity index (χ4n) is 3.29. The van der Waals surface area contributed by atoms with Crippen molar-refractivity contribution in [3.63, 3.8) is 0 Å². The average molecular weight is 389 g/mol. The molecule has 0 bridgehead atoms. The summed E-state index contributed by atoms with van der Waals surface area (Å²) in [5.74, 6) is -5.15. The summed E-state index contributed by atoms with van der Waals surface area (Å²) >= 11 is 0. The molecule has 2 rings (SSSR count). The van der Waals surface area contributed by atoms with E-state index in [-0.39, 0.29) is 30.0 Å². The zero-order valence-corrected chi connectivity index (χ0v) is 16.9. The van der Waals surface area contributed by atoms with Gasteiger partial charge in [0.1, 0.15) is 5.60 Å². The second-order valence-electron chi connectivity index (χ2n) is 8.48. The van der Waals surface area contributed by atoms with Gasteiger partial charge >= 0.3 is 11.9 Å². The smallest absolute Gasteiger partial charge is 0.310 e. The summed E-state index contributed by atoms with van der Waals surface area (Å²) in [7, 11) is 0. The van der Waals surface area contributed by atoms with Gasteiger partial charge in [0.05, 0.1) is 23.0 Å². The molecule has 28 heavy (non-hydrogen) atoms. The molecular formula is C21H27NO6. The van der Waals surface area contributed by atoms with Crippen molar-refractivity contribution in [1.82, 2.24) is 4.90 Å². The summed E-state index contributed by atoms with van der Waals surface area (Å²) in [5, 5.41) is 9.80. The number of ether oxygens (including phenoxy) is 1. The van der Waals surface area contributed by atoms with Crippen LogP contribution in [-0.2, 0) is 14.3 Å². The number of carboxylic acid groups (broad SMARTS) is 1. The minimum atomic E-state index is -1.25. The summed E-state index contributed by atoms with van der Waals surface area (Å²) < 4.78 is 5.42. The largest absolute Gasteiger partial charge is 0.481 e. The molecule has 0 fully saturated rings. The van der Waals surface area contributed by atoms with Crippen LogP contribution in [-0.4, -0.2) is 45.9 Å². The highest BCUT2D eigenvalue weighted by molar-refractivity contribution is 6.21. The first-order chi connectivity index (χ1) is 12.9. The number of carboxylic acids is 1. The van der Waals surface area contributed by atoms with Gasteiger partial charge in [-0.3, -0.25) is 24.1 Å². The third kappa shape index (κ3) is 4.77. The molecule has 0 aliphatic carbocycles. The van der Waals surface area contributed by atoms with Crippen molar-refractivity contribution in [3.8, 4) is 0 Å². The molecule has 7 heteroatoms. The Morgan fingerprint density at radius 3 is 1.93 bits per heavy atom. The van der Waals surface area contributed by atoms with Gasteiger partial charge in [-0.05, 0) is 45.2 Å². The van der Waals surface area contributed by atoms with Crippen LogP contribution in [0.25, 0.3) is 0 Å².